The molecule has 1 aliphatic carbocycles. The van der Waals surface area contributed by atoms with Crippen LogP contribution < -0.4 is 5.32 Å². The van der Waals surface area contributed by atoms with Crippen LogP contribution in [0.3, 0.4) is 0 Å². The molecule has 1 saturated carbocycles. The average molecular weight is 218 g/mol. The molecule has 0 saturated heterocycles. The fourth-order valence-corrected chi connectivity index (χ4v) is 2.01. The first-order chi connectivity index (χ1) is 7.75. The number of hydrogen-bond acceptors (Lipinski definition) is 2. The summed E-state index contributed by atoms with van der Waals surface area (Å²) in [5.41, 5.74) is 2.73. The van der Waals surface area contributed by atoms with E-state index in [0.29, 0.717) is 0 Å². The number of rotatable bonds is 6. The maximum atomic E-state index is 3.50. The van der Waals surface area contributed by atoms with Crippen LogP contribution in [0.15, 0.2) is 24.3 Å². The molecule has 0 aromatic heterocycles. The first kappa shape index (κ1) is 11.6. The minimum absolute atomic E-state index is 0.876. The zero-order valence-electron chi connectivity index (χ0n) is 10.4. The molecule has 2 heteroatoms. The molecule has 0 radical (unpaired) electrons. The van der Waals surface area contributed by atoms with Gasteiger partial charge in [-0.05, 0) is 32.4 Å². The topological polar surface area (TPSA) is 15.3 Å². The van der Waals surface area contributed by atoms with Crippen LogP contribution in [0.5, 0.6) is 0 Å². The van der Waals surface area contributed by atoms with Gasteiger partial charge in [0.15, 0.2) is 0 Å². The Bertz CT molecular complexity index is 331. The van der Waals surface area contributed by atoms with Crippen molar-refractivity contribution in [2.75, 3.05) is 20.1 Å². The second kappa shape index (κ2) is 5.46. The van der Waals surface area contributed by atoms with Crippen molar-refractivity contribution in [2.24, 2.45) is 0 Å². The van der Waals surface area contributed by atoms with Crippen molar-refractivity contribution in [1.82, 2.24) is 10.2 Å². The Labute approximate surface area is 98.7 Å². The van der Waals surface area contributed by atoms with Crippen LogP contribution in [0.2, 0.25) is 0 Å². The van der Waals surface area contributed by atoms with Gasteiger partial charge in [0.25, 0.3) is 0 Å². The van der Waals surface area contributed by atoms with Crippen LogP contribution in [0.25, 0.3) is 0 Å². The van der Waals surface area contributed by atoms with Crippen LogP contribution in [0.4, 0.5) is 0 Å². The van der Waals surface area contributed by atoms with Gasteiger partial charge in [0, 0.05) is 25.7 Å². The molecule has 88 valence electrons. The highest BCUT2D eigenvalue weighted by Gasteiger charge is 2.25. The summed E-state index contributed by atoms with van der Waals surface area (Å²) in [4.78, 5) is 2.46. The van der Waals surface area contributed by atoms with Crippen molar-refractivity contribution in [2.45, 2.75) is 32.4 Å². The van der Waals surface area contributed by atoms with Gasteiger partial charge in [-0.15, -0.1) is 0 Å². The van der Waals surface area contributed by atoms with Crippen molar-refractivity contribution < 1.29 is 0 Å². The molecule has 1 fully saturated rings. The van der Waals surface area contributed by atoms with Crippen molar-refractivity contribution in [3.8, 4) is 0 Å². The fraction of sp³-hybridized carbons (Fsp3) is 0.571. The second-order valence-corrected chi connectivity index (χ2v) is 4.88. The van der Waals surface area contributed by atoms with E-state index in [2.05, 4.69) is 48.5 Å². The van der Waals surface area contributed by atoms with E-state index < -0.39 is 0 Å². The Morgan fingerprint density at radius 2 is 2.19 bits per heavy atom. The summed E-state index contributed by atoms with van der Waals surface area (Å²) in [6.45, 7) is 5.38. The zero-order chi connectivity index (χ0) is 11.4. The largest absolute Gasteiger partial charge is 0.311 e. The molecule has 2 rings (SSSR count). The summed E-state index contributed by atoms with van der Waals surface area (Å²) in [5.74, 6) is 0. The molecule has 0 bridgehead atoms. The maximum absolute atomic E-state index is 3.50. The van der Waals surface area contributed by atoms with Crippen LogP contribution in [0, 0.1) is 6.92 Å². The van der Waals surface area contributed by atoms with Gasteiger partial charge in [-0.25, -0.2) is 0 Å². The Morgan fingerprint density at radius 1 is 1.38 bits per heavy atom. The third kappa shape index (κ3) is 3.62. The zero-order valence-corrected chi connectivity index (χ0v) is 10.4. The van der Waals surface area contributed by atoms with E-state index in [-0.39, 0.29) is 0 Å². The summed E-state index contributed by atoms with van der Waals surface area (Å²) >= 11 is 0. The van der Waals surface area contributed by atoms with Crippen LogP contribution in [-0.2, 0) is 6.54 Å². The molecule has 16 heavy (non-hydrogen) atoms. The molecule has 1 N–H and O–H groups in total. The predicted octanol–water partition coefficient (Wildman–Crippen LogP) is 2.18. The van der Waals surface area contributed by atoms with Crippen molar-refractivity contribution in [3.63, 3.8) is 0 Å². The quantitative estimate of drug-likeness (QED) is 0.736. The normalized spacial score (nSPS) is 15.7. The highest BCUT2D eigenvalue weighted by molar-refractivity contribution is 5.21. The smallest absolute Gasteiger partial charge is 0.0206 e. The molecule has 0 spiro atoms. The minimum Gasteiger partial charge on any atom is -0.311 e. The van der Waals surface area contributed by atoms with Gasteiger partial charge in [-0.2, -0.15) is 0 Å². The van der Waals surface area contributed by atoms with Crippen LogP contribution in [-0.4, -0.2) is 31.1 Å². The summed E-state index contributed by atoms with van der Waals surface area (Å²) in [7, 11) is 2.23. The third-order valence-electron chi connectivity index (χ3n) is 3.22. The van der Waals surface area contributed by atoms with Gasteiger partial charge >= 0.3 is 0 Å². The maximum Gasteiger partial charge on any atom is 0.0206 e. The molecule has 2 nitrogen and oxygen atoms in total. The van der Waals surface area contributed by atoms with E-state index in [4.69, 9.17) is 0 Å². The van der Waals surface area contributed by atoms with E-state index in [9.17, 15) is 0 Å². The number of nitrogens with one attached hydrogen (secondary N) is 1. The lowest BCUT2D eigenvalue weighted by Gasteiger charge is -2.15. The first-order valence-electron chi connectivity index (χ1n) is 6.22. The average Bonchev–Trinajstić information content (AvgIpc) is 3.08. The van der Waals surface area contributed by atoms with Crippen LogP contribution in [0.1, 0.15) is 24.0 Å². The molecule has 0 amide bonds. The molecule has 0 unspecified atom stereocenters. The van der Waals surface area contributed by atoms with E-state index in [1.54, 1.807) is 0 Å². The second-order valence-electron chi connectivity index (χ2n) is 4.88. The molecule has 0 atom stereocenters. The van der Waals surface area contributed by atoms with Gasteiger partial charge in [-0.3, -0.25) is 0 Å². The van der Waals surface area contributed by atoms with Gasteiger partial charge in [0.2, 0.25) is 0 Å². The number of hydrogen-bond donors (Lipinski definition) is 1. The standard InChI is InChI=1S/C14H22N2/c1-12-4-3-5-13(10-12)11-15-8-9-16(2)14-6-7-14/h3-5,10,14-15H,6-9,11H2,1-2H3. The van der Waals surface area contributed by atoms with Gasteiger partial charge in [0.05, 0.1) is 0 Å². The third-order valence-corrected chi connectivity index (χ3v) is 3.22. The lowest BCUT2D eigenvalue weighted by atomic mass is 10.1. The Morgan fingerprint density at radius 3 is 2.88 bits per heavy atom. The lowest BCUT2D eigenvalue weighted by Crippen LogP contribution is -2.30. The first-order valence-corrected chi connectivity index (χ1v) is 6.22. The monoisotopic (exact) mass is 218 g/mol. The van der Waals surface area contributed by atoms with Crippen molar-refractivity contribution >= 4 is 0 Å². The molecular formula is C14H22N2. The van der Waals surface area contributed by atoms with E-state index in [1.807, 2.05) is 0 Å². The molecular weight excluding hydrogens is 196 g/mol. The van der Waals surface area contributed by atoms with Crippen molar-refractivity contribution in [3.05, 3.63) is 35.4 Å². The molecule has 1 aromatic carbocycles. The molecule has 1 aliphatic rings. The predicted molar refractivity (Wildman–Crippen MR) is 68.5 cm³/mol. The van der Waals surface area contributed by atoms with Crippen molar-refractivity contribution in [1.29, 1.82) is 0 Å². The minimum atomic E-state index is 0.876. The highest BCUT2D eigenvalue weighted by atomic mass is 15.2. The fourth-order valence-electron chi connectivity index (χ4n) is 2.01. The van der Waals surface area contributed by atoms with Gasteiger partial charge < -0.3 is 10.2 Å². The molecule has 1 aromatic rings. The van der Waals surface area contributed by atoms with Gasteiger partial charge in [-0.1, -0.05) is 29.8 Å². The Balaban J connectivity index is 1.63. The number of benzene rings is 1. The van der Waals surface area contributed by atoms with Gasteiger partial charge in [0.1, 0.15) is 0 Å². The SMILES string of the molecule is Cc1cccc(CNCCN(C)C2CC2)c1. The van der Waals surface area contributed by atoms with E-state index in [0.717, 1.165) is 25.7 Å². The van der Waals surface area contributed by atoms with E-state index in [1.165, 1.54) is 24.0 Å². The number of nitrogens with zero attached hydrogens (tertiary/aromatic N) is 1. The van der Waals surface area contributed by atoms with Crippen LogP contribution >= 0.6 is 0 Å². The van der Waals surface area contributed by atoms with E-state index >= 15 is 0 Å². The summed E-state index contributed by atoms with van der Waals surface area (Å²) in [6.07, 6.45) is 2.79. The highest BCUT2D eigenvalue weighted by Crippen LogP contribution is 2.24. The number of likely N-dealkylation sites (N-methyl/N-ethyl adjacent to an activating group) is 1. The Hall–Kier alpha value is -0.860. The molecule has 0 aliphatic heterocycles. The summed E-state index contributed by atoms with van der Waals surface area (Å²) in [5, 5.41) is 3.50. The molecule has 0 heterocycles. The Kier molecular flexibility index (Phi) is 3.97. The summed E-state index contributed by atoms with van der Waals surface area (Å²) in [6, 6.07) is 9.58. The number of aryl methyl sites for hydroxylation is 1. The lowest BCUT2D eigenvalue weighted by molar-refractivity contribution is 0.321. The summed E-state index contributed by atoms with van der Waals surface area (Å²) < 4.78 is 0.